The summed E-state index contributed by atoms with van der Waals surface area (Å²) in [6, 6.07) is 13.0. The molecule has 0 fully saturated rings. The summed E-state index contributed by atoms with van der Waals surface area (Å²) in [6.45, 7) is 1.94. The lowest BCUT2D eigenvalue weighted by Crippen LogP contribution is -2.27. The second-order valence-corrected chi connectivity index (χ2v) is 7.05. The van der Waals surface area contributed by atoms with Crippen molar-refractivity contribution in [2.24, 2.45) is 0 Å². The topological polar surface area (TPSA) is 47.6 Å². The molecule has 0 radical (unpaired) electrons. The summed E-state index contributed by atoms with van der Waals surface area (Å²) in [5.41, 5.74) is 0.919. The van der Waals surface area contributed by atoms with E-state index in [9.17, 15) is 4.79 Å². The molecular formula is C19H22ClNO3S. The number of carbonyl (C=O) groups excluding carboxylic acids is 1. The van der Waals surface area contributed by atoms with E-state index in [0.29, 0.717) is 22.9 Å². The van der Waals surface area contributed by atoms with Crippen LogP contribution in [-0.4, -0.2) is 25.9 Å². The molecule has 1 N–H and O–H groups in total. The third-order valence-electron chi connectivity index (χ3n) is 3.70. The number of hydrogen-bond acceptors (Lipinski definition) is 4. The van der Waals surface area contributed by atoms with Crippen molar-refractivity contribution in [3.63, 3.8) is 0 Å². The summed E-state index contributed by atoms with van der Waals surface area (Å²) in [5.74, 6) is 2.13. The first kappa shape index (κ1) is 19.5. The molecule has 1 atom stereocenters. The minimum absolute atomic E-state index is 0.00633. The van der Waals surface area contributed by atoms with Crippen LogP contribution in [0.1, 0.15) is 24.9 Å². The van der Waals surface area contributed by atoms with Gasteiger partial charge in [-0.2, -0.15) is 0 Å². The van der Waals surface area contributed by atoms with E-state index in [1.165, 1.54) is 0 Å². The minimum Gasteiger partial charge on any atom is -0.497 e. The highest BCUT2D eigenvalue weighted by atomic mass is 35.5. The first-order valence-corrected chi connectivity index (χ1v) is 9.29. The Morgan fingerprint density at radius 2 is 1.88 bits per heavy atom. The number of hydrogen-bond donors (Lipinski definition) is 1. The van der Waals surface area contributed by atoms with Crippen LogP contribution in [-0.2, 0) is 4.79 Å². The fraction of sp³-hybridized carbons (Fsp3) is 0.316. The van der Waals surface area contributed by atoms with Crippen LogP contribution in [0.15, 0.2) is 47.4 Å². The van der Waals surface area contributed by atoms with Gasteiger partial charge in [-0.25, -0.2) is 0 Å². The Labute approximate surface area is 157 Å². The number of thioether (sulfide) groups is 1. The first-order valence-electron chi connectivity index (χ1n) is 7.93. The highest BCUT2D eigenvalue weighted by Crippen LogP contribution is 2.29. The first-order chi connectivity index (χ1) is 12.0. The van der Waals surface area contributed by atoms with E-state index in [1.54, 1.807) is 26.0 Å². The molecule has 2 aromatic carbocycles. The van der Waals surface area contributed by atoms with Crippen molar-refractivity contribution in [1.29, 1.82) is 0 Å². The fourth-order valence-electron chi connectivity index (χ4n) is 2.36. The second-order valence-electron chi connectivity index (χ2n) is 5.45. The Morgan fingerprint density at radius 3 is 2.52 bits per heavy atom. The van der Waals surface area contributed by atoms with Gasteiger partial charge in [-0.3, -0.25) is 4.79 Å². The van der Waals surface area contributed by atoms with Crippen LogP contribution in [0.5, 0.6) is 11.5 Å². The maximum absolute atomic E-state index is 12.2. The number of rotatable bonds is 8. The van der Waals surface area contributed by atoms with Crippen LogP contribution in [0, 0.1) is 0 Å². The molecule has 134 valence electrons. The minimum atomic E-state index is -0.145. The zero-order valence-corrected chi connectivity index (χ0v) is 16.1. The van der Waals surface area contributed by atoms with Crippen molar-refractivity contribution in [2.75, 3.05) is 20.0 Å². The van der Waals surface area contributed by atoms with Gasteiger partial charge < -0.3 is 14.8 Å². The van der Waals surface area contributed by atoms with Gasteiger partial charge in [-0.05, 0) is 43.3 Å². The van der Waals surface area contributed by atoms with Crippen molar-refractivity contribution in [2.45, 2.75) is 24.3 Å². The van der Waals surface area contributed by atoms with Crippen LogP contribution in [0.25, 0.3) is 0 Å². The van der Waals surface area contributed by atoms with Crippen LogP contribution in [0.3, 0.4) is 0 Å². The molecule has 4 nitrogen and oxygen atoms in total. The maximum atomic E-state index is 12.2. The fourth-order valence-corrected chi connectivity index (χ4v) is 3.34. The number of amides is 1. The van der Waals surface area contributed by atoms with Crippen molar-refractivity contribution < 1.29 is 14.3 Å². The van der Waals surface area contributed by atoms with Gasteiger partial charge in [-0.1, -0.05) is 11.6 Å². The standard InChI is InChI=1S/C19H22ClNO3S/c1-13(17-9-6-15(23-2)12-18(17)24-3)21-19(22)10-11-25-16-7-4-14(20)5-8-16/h4-9,12-13H,10-11H2,1-3H3,(H,21,22). The zero-order valence-electron chi connectivity index (χ0n) is 14.5. The smallest absolute Gasteiger partial charge is 0.221 e. The van der Waals surface area contributed by atoms with E-state index in [1.807, 2.05) is 49.4 Å². The molecule has 1 amide bonds. The number of ether oxygens (including phenoxy) is 2. The average Bonchev–Trinajstić information content (AvgIpc) is 2.62. The Bertz CT molecular complexity index is 706. The summed E-state index contributed by atoms with van der Waals surface area (Å²) in [5, 5.41) is 3.72. The normalized spacial score (nSPS) is 11.7. The maximum Gasteiger partial charge on any atom is 0.221 e. The SMILES string of the molecule is COc1ccc(C(C)NC(=O)CCSc2ccc(Cl)cc2)c(OC)c1. The van der Waals surface area contributed by atoms with Gasteiger partial charge in [0.25, 0.3) is 0 Å². The van der Waals surface area contributed by atoms with E-state index in [4.69, 9.17) is 21.1 Å². The number of carbonyl (C=O) groups is 1. The van der Waals surface area contributed by atoms with Crippen molar-refractivity contribution in [3.05, 3.63) is 53.1 Å². The molecule has 2 aromatic rings. The van der Waals surface area contributed by atoms with E-state index in [-0.39, 0.29) is 11.9 Å². The second kappa shape index (κ2) is 9.59. The Hall–Kier alpha value is -1.85. The molecule has 6 heteroatoms. The summed E-state index contributed by atoms with van der Waals surface area (Å²) in [4.78, 5) is 13.3. The van der Waals surface area contributed by atoms with E-state index in [0.717, 1.165) is 16.2 Å². The van der Waals surface area contributed by atoms with E-state index >= 15 is 0 Å². The third kappa shape index (κ3) is 5.87. The van der Waals surface area contributed by atoms with E-state index in [2.05, 4.69) is 5.32 Å². The highest BCUT2D eigenvalue weighted by Gasteiger charge is 2.14. The number of benzene rings is 2. The summed E-state index contributed by atoms with van der Waals surface area (Å²) < 4.78 is 10.6. The van der Waals surface area contributed by atoms with Gasteiger partial charge in [-0.15, -0.1) is 11.8 Å². The predicted molar refractivity (Wildman–Crippen MR) is 103 cm³/mol. The molecule has 25 heavy (non-hydrogen) atoms. The number of methoxy groups -OCH3 is 2. The lowest BCUT2D eigenvalue weighted by Gasteiger charge is -2.18. The molecule has 1 unspecified atom stereocenters. The molecular weight excluding hydrogens is 358 g/mol. The number of halogens is 1. The van der Waals surface area contributed by atoms with E-state index < -0.39 is 0 Å². The summed E-state index contributed by atoms with van der Waals surface area (Å²) in [6.07, 6.45) is 0.441. The van der Waals surface area contributed by atoms with Crippen molar-refractivity contribution in [3.8, 4) is 11.5 Å². The molecule has 0 aromatic heterocycles. The quantitative estimate of drug-likeness (QED) is 0.674. The Kier molecular flexibility index (Phi) is 7.47. The summed E-state index contributed by atoms with van der Waals surface area (Å²) in [7, 11) is 3.22. The molecule has 0 aliphatic heterocycles. The van der Waals surface area contributed by atoms with Gasteiger partial charge in [0, 0.05) is 33.7 Å². The van der Waals surface area contributed by atoms with Gasteiger partial charge in [0.15, 0.2) is 0 Å². The molecule has 0 spiro atoms. The van der Waals surface area contributed by atoms with Gasteiger partial charge in [0.05, 0.1) is 20.3 Å². The van der Waals surface area contributed by atoms with Gasteiger partial charge >= 0.3 is 0 Å². The highest BCUT2D eigenvalue weighted by molar-refractivity contribution is 7.99. The van der Waals surface area contributed by atoms with Crippen LogP contribution >= 0.6 is 23.4 Å². The van der Waals surface area contributed by atoms with Gasteiger partial charge in [0.2, 0.25) is 5.91 Å². The summed E-state index contributed by atoms with van der Waals surface area (Å²) >= 11 is 7.50. The molecule has 0 aliphatic carbocycles. The molecule has 2 rings (SSSR count). The third-order valence-corrected chi connectivity index (χ3v) is 4.96. The predicted octanol–water partition coefficient (Wildman–Crippen LogP) is 4.72. The van der Waals surface area contributed by atoms with Gasteiger partial charge in [0.1, 0.15) is 11.5 Å². The number of nitrogens with one attached hydrogen (secondary N) is 1. The molecule has 0 aliphatic rings. The van der Waals surface area contributed by atoms with Crippen LogP contribution in [0.2, 0.25) is 5.02 Å². The van der Waals surface area contributed by atoms with Crippen molar-refractivity contribution >= 4 is 29.3 Å². The Balaban J connectivity index is 1.86. The average molecular weight is 380 g/mol. The molecule has 0 saturated carbocycles. The monoisotopic (exact) mass is 379 g/mol. The zero-order chi connectivity index (χ0) is 18.2. The van der Waals surface area contributed by atoms with Crippen LogP contribution < -0.4 is 14.8 Å². The molecule has 0 heterocycles. The van der Waals surface area contributed by atoms with Crippen LogP contribution in [0.4, 0.5) is 0 Å². The lowest BCUT2D eigenvalue weighted by molar-refractivity contribution is -0.121. The molecule has 0 saturated heterocycles. The lowest BCUT2D eigenvalue weighted by atomic mass is 10.1. The Morgan fingerprint density at radius 1 is 1.16 bits per heavy atom. The van der Waals surface area contributed by atoms with Crippen molar-refractivity contribution in [1.82, 2.24) is 5.32 Å². The molecule has 0 bridgehead atoms. The largest absolute Gasteiger partial charge is 0.497 e.